The Morgan fingerprint density at radius 3 is 2.89 bits per heavy atom. The molecule has 0 aliphatic carbocycles. The molecule has 2 rings (SSSR count). The number of hydrogen-bond donors (Lipinski definition) is 3. The highest BCUT2D eigenvalue weighted by Crippen LogP contribution is 2.30. The Morgan fingerprint density at radius 1 is 1.47 bits per heavy atom. The average molecular weight is 326 g/mol. The lowest BCUT2D eigenvalue weighted by Gasteiger charge is -2.37. The molecule has 0 amide bonds. The van der Waals surface area contributed by atoms with Crippen molar-refractivity contribution in [1.29, 1.82) is 5.41 Å². The van der Waals surface area contributed by atoms with Crippen LogP contribution < -0.4 is 10.6 Å². The van der Waals surface area contributed by atoms with E-state index in [0.717, 1.165) is 35.1 Å². The first kappa shape index (κ1) is 14.3. The van der Waals surface area contributed by atoms with Gasteiger partial charge in [-0.3, -0.25) is 5.41 Å². The number of nitrogens with zero attached hydrogens (tertiary/aromatic N) is 1. The zero-order valence-electron chi connectivity index (χ0n) is 10.9. The van der Waals surface area contributed by atoms with Crippen molar-refractivity contribution in [3.05, 3.63) is 28.2 Å². The first-order chi connectivity index (χ1) is 9.13. The number of aliphatic hydroxyl groups is 1. The molecule has 1 unspecified atom stereocenters. The van der Waals surface area contributed by atoms with Gasteiger partial charge in [0.1, 0.15) is 5.84 Å². The van der Waals surface area contributed by atoms with Crippen LogP contribution in [0.2, 0.25) is 0 Å². The largest absolute Gasteiger partial charge is 0.396 e. The second-order valence-corrected chi connectivity index (χ2v) is 5.79. The van der Waals surface area contributed by atoms with Crippen LogP contribution in [-0.4, -0.2) is 30.1 Å². The molecular formula is C14H20BrN3O. The molecule has 104 valence electrons. The van der Waals surface area contributed by atoms with E-state index in [1.54, 1.807) is 0 Å². The summed E-state index contributed by atoms with van der Waals surface area (Å²) < 4.78 is 0.853. The Balaban J connectivity index is 2.24. The second kappa shape index (κ2) is 6.39. The van der Waals surface area contributed by atoms with Crippen molar-refractivity contribution in [1.82, 2.24) is 0 Å². The van der Waals surface area contributed by atoms with Gasteiger partial charge in [0.05, 0.1) is 0 Å². The summed E-state index contributed by atoms with van der Waals surface area (Å²) >= 11 is 3.48. The quantitative estimate of drug-likeness (QED) is 0.588. The molecule has 1 saturated heterocycles. The Kier molecular flexibility index (Phi) is 4.82. The lowest BCUT2D eigenvalue weighted by atomic mass is 9.98. The number of halogens is 1. The summed E-state index contributed by atoms with van der Waals surface area (Å²) in [6.07, 6.45) is 4.36. The molecule has 1 heterocycles. The third-order valence-corrected chi connectivity index (χ3v) is 4.32. The smallest absolute Gasteiger partial charge is 0.123 e. The van der Waals surface area contributed by atoms with Crippen molar-refractivity contribution in [3.63, 3.8) is 0 Å². The predicted molar refractivity (Wildman–Crippen MR) is 81.8 cm³/mol. The molecule has 1 aromatic carbocycles. The Hall–Kier alpha value is -1.07. The van der Waals surface area contributed by atoms with Crippen LogP contribution in [0.1, 0.15) is 31.2 Å². The number of nitrogens with one attached hydrogen (secondary N) is 1. The van der Waals surface area contributed by atoms with Crippen LogP contribution in [0.15, 0.2) is 22.7 Å². The van der Waals surface area contributed by atoms with Crippen LogP contribution in [0.4, 0.5) is 5.69 Å². The molecule has 0 bridgehead atoms. The maximum atomic E-state index is 9.17. The number of anilines is 1. The molecule has 1 aliphatic rings. The molecule has 1 aliphatic heterocycles. The molecule has 1 atom stereocenters. The third-order valence-electron chi connectivity index (χ3n) is 3.66. The Labute approximate surface area is 122 Å². The van der Waals surface area contributed by atoms with Gasteiger partial charge in [-0.25, -0.2) is 0 Å². The molecule has 5 heteroatoms. The average Bonchev–Trinajstić information content (AvgIpc) is 2.39. The van der Waals surface area contributed by atoms with E-state index >= 15 is 0 Å². The van der Waals surface area contributed by atoms with Crippen LogP contribution in [0.3, 0.4) is 0 Å². The van der Waals surface area contributed by atoms with Gasteiger partial charge in [0.25, 0.3) is 0 Å². The number of rotatable bonds is 4. The Bertz CT molecular complexity index is 462. The number of nitrogen functional groups attached to an aromatic ring is 1. The summed E-state index contributed by atoms with van der Waals surface area (Å²) in [7, 11) is 0. The summed E-state index contributed by atoms with van der Waals surface area (Å²) in [5.74, 6) is 0.0731. The first-order valence-corrected chi connectivity index (χ1v) is 7.44. The lowest BCUT2D eigenvalue weighted by molar-refractivity contribution is 0.262. The van der Waals surface area contributed by atoms with Crippen molar-refractivity contribution in [2.75, 3.05) is 18.1 Å². The van der Waals surface area contributed by atoms with E-state index in [-0.39, 0.29) is 12.4 Å². The summed E-state index contributed by atoms with van der Waals surface area (Å²) in [4.78, 5) is 2.36. The van der Waals surface area contributed by atoms with Gasteiger partial charge >= 0.3 is 0 Å². The summed E-state index contributed by atoms with van der Waals surface area (Å²) in [6.45, 7) is 1.25. The van der Waals surface area contributed by atoms with Gasteiger partial charge in [-0.1, -0.05) is 0 Å². The molecule has 1 fully saturated rings. The normalized spacial score (nSPS) is 19.5. The molecule has 1 aromatic rings. The summed E-state index contributed by atoms with van der Waals surface area (Å²) in [5.41, 5.74) is 7.38. The van der Waals surface area contributed by atoms with E-state index in [1.165, 1.54) is 12.8 Å². The fourth-order valence-electron chi connectivity index (χ4n) is 2.69. The van der Waals surface area contributed by atoms with E-state index in [1.807, 2.05) is 18.2 Å². The van der Waals surface area contributed by atoms with Crippen LogP contribution in [0, 0.1) is 5.41 Å². The number of hydrogen-bond acceptors (Lipinski definition) is 3. The van der Waals surface area contributed by atoms with Crippen molar-refractivity contribution < 1.29 is 5.11 Å². The fraction of sp³-hybridized carbons (Fsp3) is 0.500. The predicted octanol–water partition coefficient (Wildman–Crippen LogP) is 2.47. The maximum Gasteiger partial charge on any atom is 0.123 e. The van der Waals surface area contributed by atoms with Gasteiger partial charge in [0.15, 0.2) is 0 Å². The molecule has 19 heavy (non-hydrogen) atoms. The summed E-state index contributed by atoms with van der Waals surface area (Å²) in [6, 6.07) is 6.32. The van der Waals surface area contributed by atoms with Gasteiger partial charge in [0.2, 0.25) is 0 Å². The van der Waals surface area contributed by atoms with Crippen LogP contribution in [0.5, 0.6) is 0 Å². The zero-order chi connectivity index (χ0) is 13.8. The van der Waals surface area contributed by atoms with Crippen LogP contribution >= 0.6 is 15.9 Å². The van der Waals surface area contributed by atoms with Crippen LogP contribution in [-0.2, 0) is 0 Å². The molecule has 4 N–H and O–H groups in total. The number of benzene rings is 1. The standard InChI is InChI=1S/C14H20BrN3O/c15-13-9-11(4-5-12(13)14(16)17)18-7-2-1-3-10(18)6-8-19/h4-5,9-10,19H,1-3,6-8H2,(H3,16,17). The van der Waals surface area contributed by atoms with E-state index in [2.05, 4.69) is 20.8 Å². The van der Waals surface area contributed by atoms with E-state index in [4.69, 9.17) is 11.1 Å². The van der Waals surface area contributed by atoms with E-state index in [0.29, 0.717) is 6.04 Å². The fourth-order valence-corrected chi connectivity index (χ4v) is 3.27. The number of nitrogens with two attached hydrogens (primary N) is 1. The summed E-state index contributed by atoms with van der Waals surface area (Å²) in [5, 5.41) is 16.7. The van der Waals surface area contributed by atoms with Gasteiger partial charge in [-0.15, -0.1) is 0 Å². The van der Waals surface area contributed by atoms with Crippen molar-refractivity contribution in [2.24, 2.45) is 5.73 Å². The number of aliphatic hydroxyl groups excluding tert-OH is 1. The lowest BCUT2D eigenvalue weighted by Crippen LogP contribution is -2.40. The maximum absolute atomic E-state index is 9.17. The van der Waals surface area contributed by atoms with Crippen molar-refractivity contribution in [2.45, 2.75) is 31.7 Å². The Morgan fingerprint density at radius 2 is 2.26 bits per heavy atom. The van der Waals surface area contributed by atoms with E-state index < -0.39 is 0 Å². The van der Waals surface area contributed by atoms with Gasteiger partial charge in [0, 0.05) is 34.9 Å². The highest BCUT2D eigenvalue weighted by atomic mass is 79.9. The topological polar surface area (TPSA) is 73.3 Å². The molecule has 0 aromatic heterocycles. The molecule has 0 saturated carbocycles. The van der Waals surface area contributed by atoms with Crippen molar-refractivity contribution >= 4 is 27.5 Å². The van der Waals surface area contributed by atoms with Gasteiger partial charge in [-0.2, -0.15) is 0 Å². The molecule has 4 nitrogen and oxygen atoms in total. The molecule has 0 spiro atoms. The number of amidine groups is 1. The second-order valence-electron chi connectivity index (χ2n) is 4.93. The van der Waals surface area contributed by atoms with Crippen molar-refractivity contribution in [3.8, 4) is 0 Å². The molecular weight excluding hydrogens is 306 g/mol. The van der Waals surface area contributed by atoms with E-state index in [9.17, 15) is 5.11 Å². The highest BCUT2D eigenvalue weighted by molar-refractivity contribution is 9.10. The minimum absolute atomic E-state index is 0.0731. The SMILES string of the molecule is N=C(N)c1ccc(N2CCCCC2CCO)cc1Br. The zero-order valence-corrected chi connectivity index (χ0v) is 12.5. The van der Waals surface area contributed by atoms with Gasteiger partial charge in [-0.05, 0) is 59.8 Å². The first-order valence-electron chi connectivity index (χ1n) is 6.65. The molecule has 0 radical (unpaired) electrons. The van der Waals surface area contributed by atoms with Crippen LogP contribution in [0.25, 0.3) is 0 Å². The third kappa shape index (κ3) is 3.28. The van der Waals surface area contributed by atoms with Gasteiger partial charge < -0.3 is 15.7 Å². The minimum atomic E-state index is 0.0731. The highest BCUT2D eigenvalue weighted by Gasteiger charge is 2.22. The number of piperidine rings is 1. The minimum Gasteiger partial charge on any atom is -0.396 e. The monoisotopic (exact) mass is 325 g/mol.